The van der Waals surface area contributed by atoms with Crippen LogP contribution in [0.3, 0.4) is 0 Å². The standard InChI is InChI=1S/C37H66O4/c1-3-5-7-9-11-13-14-15-16-17-18-19-21-26-30-34-37(40)41-35(31-27-23-20-12-10-8-6-4-2)32-28-24-22-25-29-33-36(38)39/h5,7,11,13,15-16,35H,3-4,6,8-10,12,14,17-34H2,1-2H3,(H,38,39)/b7-5-,13-11-,16-15-. The predicted octanol–water partition coefficient (Wildman–Crippen LogP) is 11.8. The number of carbonyl (C=O) groups is 2. The Kier molecular flexibility index (Phi) is 31.2. The average Bonchev–Trinajstić information content (AvgIpc) is 2.95. The van der Waals surface area contributed by atoms with Crippen LogP contribution in [-0.2, 0) is 14.3 Å². The number of carbonyl (C=O) groups excluding carboxylic acids is 1. The van der Waals surface area contributed by atoms with Gasteiger partial charge in [0.1, 0.15) is 6.10 Å². The highest BCUT2D eigenvalue weighted by atomic mass is 16.5. The maximum atomic E-state index is 12.6. The molecule has 0 radical (unpaired) electrons. The molecule has 0 rings (SSSR count). The molecule has 0 saturated heterocycles. The number of carboxylic acid groups (broad SMARTS) is 1. The first-order valence-corrected chi connectivity index (χ1v) is 17.5. The zero-order chi connectivity index (χ0) is 30.1. The number of hydrogen-bond acceptors (Lipinski definition) is 3. The highest BCUT2D eigenvalue weighted by molar-refractivity contribution is 5.69. The number of ether oxygens (including phenoxy) is 1. The van der Waals surface area contributed by atoms with Gasteiger partial charge in [0.25, 0.3) is 0 Å². The van der Waals surface area contributed by atoms with E-state index in [1.54, 1.807) is 0 Å². The van der Waals surface area contributed by atoms with Gasteiger partial charge in [0, 0.05) is 12.8 Å². The number of unbranched alkanes of at least 4 members (excludes halogenated alkanes) is 16. The molecule has 0 aromatic heterocycles. The van der Waals surface area contributed by atoms with E-state index in [1.165, 1.54) is 64.2 Å². The van der Waals surface area contributed by atoms with Crippen molar-refractivity contribution in [1.82, 2.24) is 0 Å². The Morgan fingerprint density at radius 3 is 1.59 bits per heavy atom. The van der Waals surface area contributed by atoms with Crippen LogP contribution in [0.5, 0.6) is 0 Å². The quantitative estimate of drug-likeness (QED) is 0.0508. The van der Waals surface area contributed by atoms with E-state index in [1.807, 2.05) is 0 Å². The second-order valence-corrected chi connectivity index (χ2v) is 11.7. The zero-order valence-electron chi connectivity index (χ0n) is 27.1. The fraction of sp³-hybridized carbons (Fsp3) is 0.784. The summed E-state index contributed by atoms with van der Waals surface area (Å²) in [6.07, 6.45) is 41.5. The number of hydrogen-bond donors (Lipinski definition) is 1. The highest BCUT2D eigenvalue weighted by Gasteiger charge is 2.14. The van der Waals surface area contributed by atoms with Gasteiger partial charge in [-0.05, 0) is 70.6 Å². The van der Waals surface area contributed by atoms with Crippen molar-refractivity contribution in [3.8, 4) is 0 Å². The molecular weight excluding hydrogens is 508 g/mol. The van der Waals surface area contributed by atoms with Crippen molar-refractivity contribution in [1.29, 1.82) is 0 Å². The van der Waals surface area contributed by atoms with Gasteiger partial charge in [0.15, 0.2) is 0 Å². The Balaban J connectivity index is 4.04. The molecule has 238 valence electrons. The molecule has 0 bridgehead atoms. The predicted molar refractivity (Wildman–Crippen MR) is 176 cm³/mol. The molecule has 0 aliphatic carbocycles. The van der Waals surface area contributed by atoms with Crippen molar-refractivity contribution in [2.75, 3.05) is 0 Å². The lowest BCUT2D eigenvalue weighted by molar-refractivity contribution is -0.150. The fourth-order valence-electron chi connectivity index (χ4n) is 5.08. The lowest BCUT2D eigenvalue weighted by atomic mass is 10.0. The summed E-state index contributed by atoms with van der Waals surface area (Å²) in [5.41, 5.74) is 0. The van der Waals surface area contributed by atoms with Gasteiger partial charge in [-0.15, -0.1) is 0 Å². The maximum absolute atomic E-state index is 12.6. The van der Waals surface area contributed by atoms with E-state index >= 15 is 0 Å². The van der Waals surface area contributed by atoms with Crippen molar-refractivity contribution in [2.24, 2.45) is 0 Å². The molecule has 1 N–H and O–H groups in total. The minimum Gasteiger partial charge on any atom is -0.481 e. The van der Waals surface area contributed by atoms with E-state index in [4.69, 9.17) is 9.84 Å². The smallest absolute Gasteiger partial charge is 0.306 e. The largest absolute Gasteiger partial charge is 0.481 e. The molecule has 0 aromatic rings. The first-order valence-electron chi connectivity index (χ1n) is 17.5. The van der Waals surface area contributed by atoms with E-state index in [0.717, 1.165) is 89.9 Å². The van der Waals surface area contributed by atoms with Crippen LogP contribution < -0.4 is 0 Å². The summed E-state index contributed by atoms with van der Waals surface area (Å²) in [7, 11) is 0. The molecular formula is C37H66O4. The van der Waals surface area contributed by atoms with E-state index < -0.39 is 5.97 Å². The Labute approximate surface area is 254 Å². The molecule has 0 amide bonds. The Morgan fingerprint density at radius 2 is 1.02 bits per heavy atom. The molecule has 1 atom stereocenters. The van der Waals surface area contributed by atoms with Crippen LogP contribution in [0, 0.1) is 0 Å². The Morgan fingerprint density at radius 1 is 0.561 bits per heavy atom. The molecule has 0 heterocycles. The number of aliphatic carboxylic acids is 1. The summed E-state index contributed by atoms with van der Waals surface area (Å²) in [6, 6.07) is 0. The highest BCUT2D eigenvalue weighted by Crippen LogP contribution is 2.18. The molecule has 0 saturated carbocycles. The van der Waals surface area contributed by atoms with Gasteiger partial charge in [-0.25, -0.2) is 0 Å². The van der Waals surface area contributed by atoms with Crippen molar-refractivity contribution in [3.05, 3.63) is 36.5 Å². The molecule has 4 heteroatoms. The van der Waals surface area contributed by atoms with Crippen LogP contribution in [0.1, 0.15) is 181 Å². The normalized spacial score (nSPS) is 12.6. The first kappa shape index (κ1) is 39.2. The van der Waals surface area contributed by atoms with Gasteiger partial charge in [-0.3, -0.25) is 9.59 Å². The summed E-state index contributed by atoms with van der Waals surface area (Å²) in [5.74, 6) is -0.720. The van der Waals surface area contributed by atoms with Gasteiger partial charge in [-0.1, -0.05) is 134 Å². The summed E-state index contributed by atoms with van der Waals surface area (Å²) >= 11 is 0. The monoisotopic (exact) mass is 574 g/mol. The third-order valence-electron chi connectivity index (χ3n) is 7.63. The summed E-state index contributed by atoms with van der Waals surface area (Å²) in [4.78, 5) is 23.2. The maximum Gasteiger partial charge on any atom is 0.306 e. The SMILES string of the molecule is CC/C=C\C/C=C\C/C=C\CCCCCCCC(=O)OC(CCCCCCCCCC)CCCCCCCC(=O)O. The van der Waals surface area contributed by atoms with Crippen LogP contribution in [0.25, 0.3) is 0 Å². The average molecular weight is 575 g/mol. The lowest BCUT2D eigenvalue weighted by Gasteiger charge is -2.18. The van der Waals surface area contributed by atoms with Gasteiger partial charge < -0.3 is 9.84 Å². The number of rotatable bonds is 31. The Bertz CT molecular complexity index is 664. The van der Waals surface area contributed by atoms with Gasteiger partial charge >= 0.3 is 11.9 Å². The molecule has 0 fully saturated rings. The summed E-state index contributed by atoms with van der Waals surface area (Å²) < 4.78 is 5.95. The van der Waals surface area contributed by atoms with Gasteiger partial charge in [0.2, 0.25) is 0 Å². The number of allylic oxidation sites excluding steroid dienone is 6. The van der Waals surface area contributed by atoms with Crippen LogP contribution in [0.15, 0.2) is 36.5 Å². The molecule has 0 aliphatic rings. The van der Waals surface area contributed by atoms with E-state index in [9.17, 15) is 9.59 Å². The third kappa shape index (κ3) is 32.5. The molecule has 0 aliphatic heterocycles. The molecule has 0 aromatic carbocycles. The first-order chi connectivity index (χ1) is 20.1. The van der Waals surface area contributed by atoms with Crippen molar-refractivity contribution < 1.29 is 19.4 Å². The Hall–Kier alpha value is -1.84. The second-order valence-electron chi connectivity index (χ2n) is 11.7. The molecule has 1 unspecified atom stereocenters. The molecule has 4 nitrogen and oxygen atoms in total. The zero-order valence-corrected chi connectivity index (χ0v) is 27.1. The van der Waals surface area contributed by atoms with Crippen molar-refractivity contribution >= 4 is 11.9 Å². The van der Waals surface area contributed by atoms with Gasteiger partial charge in [-0.2, -0.15) is 0 Å². The minimum absolute atomic E-state index is 0.0165. The van der Waals surface area contributed by atoms with Crippen molar-refractivity contribution in [2.45, 2.75) is 187 Å². The van der Waals surface area contributed by atoms with Gasteiger partial charge in [0.05, 0.1) is 0 Å². The second kappa shape index (κ2) is 32.7. The topological polar surface area (TPSA) is 63.6 Å². The fourth-order valence-corrected chi connectivity index (χ4v) is 5.08. The van der Waals surface area contributed by atoms with Crippen LogP contribution in [0.2, 0.25) is 0 Å². The summed E-state index contributed by atoms with van der Waals surface area (Å²) in [5, 5.41) is 8.78. The van der Waals surface area contributed by atoms with E-state index in [2.05, 4.69) is 50.3 Å². The molecule has 0 spiro atoms. The summed E-state index contributed by atoms with van der Waals surface area (Å²) in [6.45, 7) is 4.42. The number of carboxylic acids is 1. The lowest BCUT2D eigenvalue weighted by Crippen LogP contribution is -2.18. The van der Waals surface area contributed by atoms with E-state index in [-0.39, 0.29) is 18.5 Å². The van der Waals surface area contributed by atoms with Crippen molar-refractivity contribution in [3.63, 3.8) is 0 Å². The molecule has 41 heavy (non-hydrogen) atoms. The minimum atomic E-state index is -0.704. The third-order valence-corrected chi connectivity index (χ3v) is 7.63. The number of esters is 1. The van der Waals surface area contributed by atoms with Crippen LogP contribution in [0.4, 0.5) is 0 Å². The van der Waals surface area contributed by atoms with Crippen LogP contribution >= 0.6 is 0 Å². The van der Waals surface area contributed by atoms with E-state index in [0.29, 0.717) is 6.42 Å². The van der Waals surface area contributed by atoms with Crippen LogP contribution in [-0.4, -0.2) is 23.1 Å².